The van der Waals surface area contributed by atoms with Gasteiger partial charge in [-0.1, -0.05) is 33.1 Å². The van der Waals surface area contributed by atoms with Crippen LogP contribution in [0, 0.1) is 19.8 Å². The number of unbranched alkanes of at least 4 members (excludes halogenated alkanes) is 1. The number of hydrogen-bond acceptors (Lipinski definition) is 3. The summed E-state index contributed by atoms with van der Waals surface area (Å²) in [5.74, 6) is 0.191. The Bertz CT molecular complexity index is 654. The number of primary sulfonamides is 1. The molecule has 0 saturated carbocycles. The molecule has 0 aliphatic carbocycles. The van der Waals surface area contributed by atoms with Crippen LogP contribution in [-0.2, 0) is 10.0 Å². The minimum atomic E-state index is -3.84. The van der Waals surface area contributed by atoms with Crippen LogP contribution in [0.5, 0.6) is 0 Å². The monoisotopic (exact) mass is 340 g/mol. The number of nitrogens with two attached hydrogens (primary N) is 1. The molecular weight excluding hydrogens is 312 g/mol. The Balaban J connectivity index is 2.90. The van der Waals surface area contributed by atoms with Crippen LogP contribution in [0.4, 0.5) is 0 Å². The summed E-state index contributed by atoms with van der Waals surface area (Å²) in [4.78, 5) is 12.3. The van der Waals surface area contributed by atoms with E-state index >= 15 is 0 Å². The highest BCUT2D eigenvalue weighted by Crippen LogP contribution is 2.20. The first-order valence-electron chi connectivity index (χ1n) is 8.12. The number of amides is 1. The van der Waals surface area contributed by atoms with Gasteiger partial charge in [-0.05, 0) is 49.4 Å². The fraction of sp³-hybridized carbons (Fsp3) is 0.588. The van der Waals surface area contributed by atoms with Crippen molar-refractivity contribution in [3.63, 3.8) is 0 Å². The smallest absolute Gasteiger partial charge is 0.251 e. The van der Waals surface area contributed by atoms with Crippen molar-refractivity contribution in [1.29, 1.82) is 0 Å². The van der Waals surface area contributed by atoms with Gasteiger partial charge in [0, 0.05) is 12.1 Å². The van der Waals surface area contributed by atoms with Crippen LogP contribution in [0.25, 0.3) is 0 Å². The topological polar surface area (TPSA) is 89.3 Å². The van der Waals surface area contributed by atoms with E-state index in [4.69, 9.17) is 5.14 Å². The van der Waals surface area contributed by atoms with Crippen molar-refractivity contribution >= 4 is 15.9 Å². The molecule has 23 heavy (non-hydrogen) atoms. The maximum Gasteiger partial charge on any atom is 0.251 e. The highest BCUT2D eigenvalue weighted by atomic mass is 32.2. The number of carbonyl (C=O) groups is 1. The Kier molecular flexibility index (Phi) is 7.22. The first kappa shape index (κ1) is 19.6. The van der Waals surface area contributed by atoms with Crippen LogP contribution in [0.15, 0.2) is 17.0 Å². The lowest BCUT2D eigenvalue weighted by Gasteiger charge is -2.16. The molecule has 1 aromatic rings. The third-order valence-corrected chi connectivity index (χ3v) is 5.32. The van der Waals surface area contributed by atoms with Gasteiger partial charge in [0.1, 0.15) is 0 Å². The Morgan fingerprint density at radius 1 is 1.26 bits per heavy atom. The minimum Gasteiger partial charge on any atom is -0.352 e. The predicted molar refractivity (Wildman–Crippen MR) is 92.9 cm³/mol. The van der Waals surface area contributed by atoms with E-state index in [9.17, 15) is 13.2 Å². The summed E-state index contributed by atoms with van der Waals surface area (Å²) >= 11 is 0. The van der Waals surface area contributed by atoms with Gasteiger partial charge in [-0.2, -0.15) is 0 Å². The molecule has 1 unspecified atom stereocenters. The number of rotatable bonds is 8. The molecule has 0 aliphatic rings. The SMILES string of the molecule is CCCCC(CC)CNC(=O)c1cc(C)c(C)c(S(N)(=O)=O)c1. The second-order valence-electron chi connectivity index (χ2n) is 6.09. The highest BCUT2D eigenvalue weighted by Gasteiger charge is 2.18. The number of sulfonamides is 1. The molecule has 130 valence electrons. The third-order valence-electron chi connectivity index (χ3n) is 4.28. The lowest BCUT2D eigenvalue weighted by atomic mass is 9.99. The van der Waals surface area contributed by atoms with Crippen molar-refractivity contribution in [2.75, 3.05) is 6.54 Å². The van der Waals surface area contributed by atoms with Gasteiger partial charge in [0.15, 0.2) is 0 Å². The second-order valence-corrected chi connectivity index (χ2v) is 7.62. The predicted octanol–water partition coefficient (Wildman–Crippen LogP) is 2.90. The van der Waals surface area contributed by atoms with Gasteiger partial charge < -0.3 is 5.32 Å². The van der Waals surface area contributed by atoms with E-state index in [1.165, 1.54) is 6.07 Å². The Hall–Kier alpha value is -1.40. The van der Waals surface area contributed by atoms with Gasteiger partial charge in [0.25, 0.3) is 5.91 Å². The zero-order valence-corrected chi connectivity index (χ0v) is 15.3. The maximum atomic E-state index is 12.3. The summed E-state index contributed by atoms with van der Waals surface area (Å²) in [6, 6.07) is 3.06. The van der Waals surface area contributed by atoms with Crippen molar-refractivity contribution in [2.45, 2.75) is 58.3 Å². The third kappa shape index (κ3) is 5.62. The molecule has 0 radical (unpaired) electrons. The molecule has 0 aromatic heterocycles. The summed E-state index contributed by atoms with van der Waals surface area (Å²) in [5.41, 5.74) is 1.65. The molecule has 1 amide bonds. The molecule has 0 aliphatic heterocycles. The molecule has 0 fully saturated rings. The molecule has 6 heteroatoms. The van der Waals surface area contributed by atoms with E-state index in [1.54, 1.807) is 19.9 Å². The van der Waals surface area contributed by atoms with Crippen molar-refractivity contribution < 1.29 is 13.2 Å². The largest absolute Gasteiger partial charge is 0.352 e. The highest BCUT2D eigenvalue weighted by molar-refractivity contribution is 7.89. The van der Waals surface area contributed by atoms with E-state index in [0.29, 0.717) is 23.6 Å². The van der Waals surface area contributed by atoms with Crippen molar-refractivity contribution in [3.05, 3.63) is 28.8 Å². The van der Waals surface area contributed by atoms with Gasteiger partial charge in [0.05, 0.1) is 4.90 Å². The average Bonchev–Trinajstić information content (AvgIpc) is 2.48. The lowest BCUT2D eigenvalue weighted by Crippen LogP contribution is -2.29. The number of hydrogen-bond donors (Lipinski definition) is 2. The van der Waals surface area contributed by atoms with Crippen LogP contribution in [0.1, 0.15) is 61.0 Å². The lowest BCUT2D eigenvalue weighted by molar-refractivity contribution is 0.0945. The quantitative estimate of drug-likeness (QED) is 0.762. The van der Waals surface area contributed by atoms with E-state index in [-0.39, 0.29) is 10.8 Å². The van der Waals surface area contributed by atoms with Crippen LogP contribution in [0.2, 0.25) is 0 Å². The molecule has 1 aromatic carbocycles. The standard InChI is InChI=1S/C17H28N2O3S/c1-5-7-8-14(6-2)11-19-17(20)15-9-12(3)13(4)16(10-15)23(18,21)22/h9-10,14H,5-8,11H2,1-4H3,(H,19,20)(H2,18,21,22). The molecule has 0 heterocycles. The minimum absolute atomic E-state index is 0.0145. The Labute approximate surface area is 139 Å². The summed E-state index contributed by atoms with van der Waals surface area (Å²) in [5, 5.41) is 8.14. The zero-order chi connectivity index (χ0) is 17.6. The number of benzene rings is 1. The van der Waals surface area contributed by atoms with Crippen molar-refractivity contribution in [3.8, 4) is 0 Å². The van der Waals surface area contributed by atoms with Gasteiger partial charge >= 0.3 is 0 Å². The summed E-state index contributed by atoms with van der Waals surface area (Å²) in [6.07, 6.45) is 4.38. The van der Waals surface area contributed by atoms with Crippen LogP contribution in [-0.4, -0.2) is 20.9 Å². The average molecular weight is 340 g/mol. The molecule has 0 saturated heterocycles. The maximum absolute atomic E-state index is 12.3. The number of nitrogens with one attached hydrogen (secondary N) is 1. The summed E-state index contributed by atoms with van der Waals surface area (Å²) < 4.78 is 23.3. The molecule has 0 bridgehead atoms. The van der Waals surface area contributed by atoms with Crippen molar-refractivity contribution in [1.82, 2.24) is 5.32 Å². The summed E-state index contributed by atoms with van der Waals surface area (Å²) in [6.45, 7) is 8.33. The number of carbonyl (C=O) groups excluding carboxylic acids is 1. The van der Waals surface area contributed by atoms with Gasteiger partial charge in [0.2, 0.25) is 10.0 Å². The molecule has 0 spiro atoms. The van der Waals surface area contributed by atoms with E-state index in [1.807, 2.05) is 0 Å². The molecule has 5 nitrogen and oxygen atoms in total. The van der Waals surface area contributed by atoms with Gasteiger partial charge in [-0.3, -0.25) is 4.79 Å². The fourth-order valence-electron chi connectivity index (χ4n) is 2.54. The van der Waals surface area contributed by atoms with Gasteiger partial charge in [-0.25, -0.2) is 13.6 Å². The molecule has 1 rings (SSSR count). The fourth-order valence-corrected chi connectivity index (χ4v) is 3.42. The Morgan fingerprint density at radius 3 is 2.43 bits per heavy atom. The first-order chi connectivity index (χ1) is 10.7. The van der Waals surface area contributed by atoms with E-state index < -0.39 is 10.0 Å². The zero-order valence-electron chi connectivity index (χ0n) is 14.5. The first-order valence-corrected chi connectivity index (χ1v) is 9.67. The van der Waals surface area contributed by atoms with Gasteiger partial charge in [-0.15, -0.1) is 0 Å². The normalized spacial score (nSPS) is 12.9. The van der Waals surface area contributed by atoms with Crippen LogP contribution >= 0.6 is 0 Å². The second kappa shape index (κ2) is 8.45. The van der Waals surface area contributed by atoms with Crippen LogP contribution < -0.4 is 10.5 Å². The van der Waals surface area contributed by atoms with E-state index in [0.717, 1.165) is 31.2 Å². The van der Waals surface area contributed by atoms with Crippen molar-refractivity contribution in [2.24, 2.45) is 11.1 Å². The van der Waals surface area contributed by atoms with Crippen LogP contribution in [0.3, 0.4) is 0 Å². The molecular formula is C17H28N2O3S. The number of aryl methyl sites for hydroxylation is 1. The summed E-state index contributed by atoms with van der Waals surface area (Å²) in [7, 11) is -3.84. The molecule has 3 N–H and O–H groups in total. The Morgan fingerprint density at radius 2 is 1.91 bits per heavy atom. The molecule has 1 atom stereocenters. The van der Waals surface area contributed by atoms with E-state index in [2.05, 4.69) is 19.2 Å².